The summed E-state index contributed by atoms with van der Waals surface area (Å²) in [4.78, 5) is 34.5. The first-order valence-corrected chi connectivity index (χ1v) is 6.66. The lowest BCUT2D eigenvalue weighted by atomic mass is 10.1. The Morgan fingerprint density at radius 3 is 2.62 bits per heavy atom. The molecule has 0 aliphatic rings. The van der Waals surface area contributed by atoms with Crippen LogP contribution in [0.5, 0.6) is 0 Å². The van der Waals surface area contributed by atoms with Gasteiger partial charge in [0.05, 0.1) is 12.1 Å². The van der Waals surface area contributed by atoms with Gasteiger partial charge in [-0.2, -0.15) is 0 Å². The van der Waals surface area contributed by atoms with Crippen molar-refractivity contribution < 1.29 is 18.9 Å². The maximum atomic E-state index is 12.0. The summed E-state index contributed by atoms with van der Waals surface area (Å²) in [6.07, 6.45) is 0.563. The van der Waals surface area contributed by atoms with E-state index in [-0.39, 0.29) is 18.1 Å². The second-order valence-corrected chi connectivity index (χ2v) is 4.74. The van der Waals surface area contributed by atoms with Crippen molar-refractivity contribution in [2.75, 3.05) is 7.05 Å². The Morgan fingerprint density at radius 1 is 1.43 bits per heavy atom. The highest BCUT2D eigenvalue weighted by molar-refractivity contribution is 5.97. The predicted octanol–water partition coefficient (Wildman–Crippen LogP) is -0.0921. The van der Waals surface area contributed by atoms with Crippen LogP contribution in [0, 0.1) is 0 Å². The zero-order chi connectivity index (χ0) is 16.0. The smallest absolute Gasteiger partial charge is 0.290 e. The molecule has 0 saturated heterocycles. The van der Waals surface area contributed by atoms with Gasteiger partial charge in [0.2, 0.25) is 17.6 Å². The molecule has 1 heterocycles. The Kier molecular flexibility index (Phi) is 5.89. The van der Waals surface area contributed by atoms with E-state index in [9.17, 15) is 14.4 Å². The van der Waals surface area contributed by atoms with Crippen molar-refractivity contribution in [2.45, 2.75) is 38.6 Å². The number of nitrogens with zero attached hydrogens (tertiary/aromatic N) is 1. The highest BCUT2D eigenvalue weighted by Gasteiger charge is 2.24. The quantitative estimate of drug-likeness (QED) is 0.648. The first-order valence-electron chi connectivity index (χ1n) is 6.66. The molecule has 0 radical (unpaired) electrons. The Bertz CT molecular complexity index is 526. The fraction of sp³-hybridized carbons (Fsp3) is 0.538. The Hall–Kier alpha value is -2.38. The fourth-order valence-electron chi connectivity index (χ4n) is 1.65. The van der Waals surface area contributed by atoms with E-state index in [1.54, 1.807) is 0 Å². The summed E-state index contributed by atoms with van der Waals surface area (Å²) >= 11 is 0. The van der Waals surface area contributed by atoms with E-state index >= 15 is 0 Å². The summed E-state index contributed by atoms with van der Waals surface area (Å²) in [6.45, 7) is 3.95. The van der Waals surface area contributed by atoms with Gasteiger partial charge in [-0.3, -0.25) is 14.4 Å². The fourth-order valence-corrected chi connectivity index (χ4v) is 1.65. The zero-order valence-corrected chi connectivity index (χ0v) is 12.3. The highest BCUT2D eigenvalue weighted by Crippen LogP contribution is 2.18. The molecular weight excluding hydrogens is 276 g/mol. The van der Waals surface area contributed by atoms with Crippen LogP contribution in [0.25, 0.3) is 0 Å². The summed E-state index contributed by atoms with van der Waals surface area (Å²) in [5.74, 6) is -1.67. The standard InChI is InChI=1S/C13H20N4O4/c1-4-7(2)8-5-10(21-17-8)13(20)16-9(6-11(14)18)12(19)15-3/h5,7,9H,4,6H2,1-3H3,(H2,14,18)(H,15,19)(H,16,20)/t7?,9-/m0/s1. The molecule has 0 saturated carbocycles. The van der Waals surface area contributed by atoms with Crippen molar-refractivity contribution in [3.05, 3.63) is 17.5 Å². The first kappa shape index (κ1) is 16.7. The summed E-state index contributed by atoms with van der Waals surface area (Å²) < 4.78 is 4.96. The van der Waals surface area contributed by atoms with Gasteiger partial charge in [0.1, 0.15) is 6.04 Å². The largest absolute Gasteiger partial charge is 0.370 e. The topological polar surface area (TPSA) is 127 Å². The minimum absolute atomic E-state index is 0.0105. The van der Waals surface area contributed by atoms with Crippen molar-refractivity contribution in [3.8, 4) is 0 Å². The Labute approximate surface area is 122 Å². The van der Waals surface area contributed by atoms with Crippen molar-refractivity contribution in [3.63, 3.8) is 0 Å². The van der Waals surface area contributed by atoms with Gasteiger partial charge >= 0.3 is 0 Å². The maximum Gasteiger partial charge on any atom is 0.290 e. The van der Waals surface area contributed by atoms with Gasteiger partial charge in [0.25, 0.3) is 5.91 Å². The molecule has 8 nitrogen and oxygen atoms in total. The molecule has 0 bridgehead atoms. The molecule has 0 aliphatic heterocycles. The van der Waals surface area contributed by atoms with Gasteiger partial charge in [0.15, 0.2) is 0 Å². The lowest BCUT2D eigenvalue weighted by Crippen LogP contribution is -2.47. The van der Waals surface area contributed by atoms with Crippen LogP contribution in [0.1, 0.15) is 48.9 Å². The number of nitrogens with two attached hydrogens (primary N) is 1. The Morgan fingerprint density at radius 2 is 2.10 bits per heavy atom. The van der Waals surface area contributed by atoms with Crippen LogP contribution in [-0.4, -0.2) is 36.0 Å². The maximum absolute atomic E-state index is 12.0. The molecule has 0 spiro atoms. The number of carbonyl (C=O) groups is 3. The number of aromatic nitrogens is 1. The van der Waals surface area contributed by atoms with Crippen LogP contribution in [-0.2, 0) is 9.59 Å². The van der Waals surface area contributed by atoms with Crippen molar-refractivity contribution in [2.24, 2.45) is 5.73 Å². The molecule has 0 aromatic carbocycles. The van der Waals surface area contributed by atoms with E-state index in [0.29, 0.717) is 5.69 Å². The molecule has 21 heavy (non-hydrogen) atoms. The van der Waals surface area contributed by atoms with Gasteiger partial charge in [-0.05, 0) is 6.42 Å². The molecule has 1 aromatic heterocycles. The second kappa shape index (κ2) is 7.41. The molecule has 1 unspecified atom stereocenters. The van der Waals surface area contributed by atoms with Crippen LogP contribution in [0.4, 0.5) is 0 Å². The number of nitrogens with one attached hydrogen (secondary N) is 2. The van der Waals surface area contributed by atoms with Crippen molar-refractivity contribution >= 4 is 17.7 Å². The van der Waals surface area contributed by atoms with E-state index in [0.717, 1.165) is 6.42 Å². The van der Waals surface area contributed by atoms with Crippen LogP contribution in [0.2, 0.25) is 0 Å². The monoisotopic (exact) mass is 296 g/mol. The molecule has 3 amide bonds. The average Bonchev–Trinajstić information content (AvgIpc) is 2.94. The summed E-state index contributed by atoms with van der Waals surface area (Å²) in [5, 5.41) is 8.57. The molecule has 1 aromatic rings. The van der Waals surface area contributed by atoms with Gasteiger partial charge in [-0.15, -0.1) is 0 Å². The molecule has 0 fully saturated rings. The number of carbonyl (C=O) groups excluding carboxylic acids is 3. The normalized spacial score (nSPS) is 13.3. The van der Waals surface area contributed by atoms with E-state index in [1.807, 2.05) is 13.8 Å². The minimum Gasteiger partial charge on any atom is -0.370 e. The van der Waals surface area contributed by atoms with E-state index in [4.69, 9.17) is 10.3 Å². The molecule has 0 aliphatic carbocycles. The number of rotatable bonds is 7. The minimum atomic E-state index is -1.04. The Balaban J connectivity index is 2.79. The third-order valence-electron chi connectivity index (χ3n) is 3.14. The van der Waals surface area contributed by atoms with E-state index < -0.39 is 23.8 Å². The number of amides is 3. The van der Waals surface area contributed by atoms with Gasteiger partial charge in [-0.25, -0.2) is 0 Å². The average molecular weight is 296 g/mol. The number of primary amides is 1. The molecule has 8 heteroatoms. The zero-order valence-electron chi connectivity index (χ0n) is 12.3. The van der Waals surface area contributed by atoms with Gasteiger partial charge in [0, 0.05) is 19.0 Å². The SMILES string of the molecule is CCC(C)c1cc(C(=O)N[C@@H](CC(N)=O)C(=O)NC)on1. The summed E-state index contributed by atoms with van der Waals surface area (Å²) in [5.41, 5.74) is 5.72. The lowest BCUT2D eigenvalue weighted by molar-refractivity contribution is -0.126. The summed E-state index contributed by atoms with van der Waals surface area (Å²) in [6, 6.07) is 0.478. The molecule has 1 rings (SSSR count). The lowest BCUT2D eigenvalue weighted by Gasteiger charge is -2.14. The molecule has 4 N–H and O–H groups in total. The third-order valence-corrected chi connectivity index (χ3v) is 3.14. The van der Waals surface area contributed by atoms with Gasteiger partial charge < -0.3 is 20.9 Å². The first-order chi connectivity index (χ1) is 9.88. The van der Waals surface area contributed by atoms with E-state index in [2.05, 4.69) is 15.8 Å². The molecule has 116 valence electrons. The van der Waals surface area contributed by atoms with Crippen molar-refractivity contribution in [1.82, 2.24) is 15.8 Å². The highest BCUT2D eigenvalue weighted by atomic mass is 16.5. The molecular formula is C13H20N4O4. The number of hydrogen-bond donors (Lipinski definition) is 3. The van der Waals surface area contributed by atoms with Crippen LogP contribution >= 0.6 is 0 Å². The summed E-state index contributed by atoms with van der Waals surface area (Å²) in [7, 11) is 1.40. The van der Waals surface area contributed by atoms with Crippen LogP contribution in [0.15, 0.2) is 10.6 Å². The second-order valence-electron chi connectivity index (χ2n) is 4.74. The third kappa shape index (κ3) is 4.59. The number of hydrogen-bond acceptors (Lipinski definition) is 5. The molecule has 2 atom stereocenters. The number of likely N-dealkylation sites (N-methyl/N-ethyl adjacent to an activating group) is 1. The van der Waals surface area contributed by atoms with Crippen LogP contribution in [0.3, 0.4) is 0 Å². The van der Waals surface area contributed by atoms with Crippen molar-refractivity contribution in [1.29, 1.82) is 0 Å². The van der Waals surface area contributed by atoms with Gasteiger partial charge in [-0.1, -0.05) is 19.0 Å². The van der Waals surface area contributed by atoms with E-state index in [1.165, 1.54) is 13.1 Å². The van der Waals surface area contributed by atoms with Crippen LogP contribution < -0.4 is 16.4 Å². The predicted molar refractivity (Wildman–Crippen MR) is 74.3 cm³/mol.